The van der Waals surface area contributed by atoms with Crippen LogP contribution in [0.2, 0.25) is 5.15 Å². The number of carbonyl (C=O) groups excluding carboxylic acids is 1. The quantitative estimate of drug-likeness (QED) is 0.608. The number of esters is 1. The number of hydrogen-bond acceptors (Lipinski definition) is 5. The monoisotopic (exact) mass is 337 g/mol. The van der Waals surface area contributed by atoms with E-state index in [2.05, 4.69) is 28.7 Å². The number of nitrogens with zero attached hydrogens (tertiary/aromatic N) is 3. The topological polar surface area (TPSA) is 55.3 Å². The van der Waals surface area contributed by atoms with E-state index >= 15 is 0 Å². The van der Waals surface area contributed by atoms with Gasteiger partial charge in [0.25, 0.3) is 0 Å². The third-order valence-corrected chi connectivity index (χ3v) is 5.25. The first-order chi connectivity index (χ1) is 11.0. The molecule has 1 unspecified atom stereocenters. The first-order valence-electron chi connectivity index (χ1n) is 8.43. The summed E-state index contributed by atoms with van der Waals surface area (Å²) in [6.45, 7) is 7.85. The van der Waals surface area contributed by atoms with Gasteiger partial charge in [-0.15, -0.1) is 0 Å². The summed E-state index contributed by atoms with van der Waals surface area (Å²) < 4.78 is 5.35. The van der Waals surface area contributed by atoms with Gasteiger partial charge in [-0.05, 0) is 32.1 Å². The lowest BCUT2D eigenvalue weighted by atomic mass is 9.76. The maximum Gasteiger partial charge on any atom is 0.314 e. The van der Waals surface area contributed by atoms with Crippen LogP contribution in [0.25, 0.3) is 0 Å². The molecule has 0 aromatic carbocycles. The summed E-state index contributed by atoms with van der Waals surface area (Å²) in [4.78, 5) is 23.7. The summed E-state index contributed by atoms with van der Waals surface area (Å²) in [5.41, 5.74) is -0.465. The van der Waals surface area contributed by atoms with E-state index in [9.17, 15) is 4.79 Å². The van der Waals surface area contributed by atoms with Crippen molar-refractivity contribution in [2.45, 2.75) is 46.0 Å². The number of halogens is 1. The van der Waals surface area contributed by atoms with Crippen LogP contribution in [-0.4, -0.2) is 35.6 Å². The molecular weight excluding hydrogens is 314 g/mol. The predicted molar refractivity (Wildman–Crippen MR) is 89.8 cm³/mol. The molecule has 1 saturated carbocycles. The predicted octanol–water partition coefficient (Wildman–Crippen LogP) is 3.42. The van der Waals surface area contributed by atoms with Gasteiger partial charge in [-0.3, -0.25) is 4.79 Å². The molecule has 1 atom stereocenters. The Labute approximate surface area is 142 Å². The van der Waals surface area contributed by atoms with Crippen LogP contribution in [0.5, 0.6) is 0 Å². The number of anilines is 1. The van der Waals surface area contributed by atoms with Gasteiger partial charge in [0.2, 0.25) is 0 Å². The highest BCUT2D eigenvalue weighted by Crippen LogP contribution is 2.42. The molecule has 2 aliphatic rings. The van der Waals surface area contributed by atoms with Crippen LogP contribution >= 0.6 is 11.6 Å². The Morgan fingerprint density at radius 2 is 2.22 bits per heavy atom. The minimum Gasteiger partial charge on any atom is -0.466 e. The number of carbonyl (C=O) groups is 1. The molecule has 0 spiro atoms. The number of aromatic nitrogens is 2. The molecule has 126 valence electrons. The molecule has 1 aromatic heterocycles. The SMILES string of the molecule is CCOC(=O)C1(C(C)C)CCN(c2cc(Cl)nc(C3CC3)n2)C1. The van der Waals surface area contributed by atoms with Gasteiger partial charge < -0.3 is 9.64 Å². The van der Waals surface area contributed by atoms with Crippen LogP contribution in [0.15, 0.2) is 6.07 Å². The highest BCUT2D eigenvalue weighted by atomic mass is 35.5. The second kappa shape index (κ2) is 6.27. The average Bonchev–Trinajstić information content (AvgIpc) is 3.25. The molecule has 2 fully saturated rings. The summed E-state index contributed by atoms with van der Waals surface area (Å²) in [5, 5.41) is 0.482. The third-order valence-electron chi connectivity index (χ3n) is 5.05. The Morgan fingerprint density at radius 3 is 2.83 bits per heavy atom. The van der Waals surface area contributed by atoms with Crippen LogP contribution in [0.3, 0.4) is 0 Å². The fraction of sp³-hybridized carbons (Fsp3) is 0.706. The minimum atomic E-state index is -0.465. The summed E-state index contributed by atoms with van der Waals surface area (Å²) >= 11 is 6.18. The molecule has 0 bridgehead atoms. The Morgan fingerprint density at radius 1 is 1.48 bits per heavy atom. The van der Waals surface area contributed by atoms with Crippen molar-refractivity contribution in [3.8, 4) is 0 Å². The van der Waals surface area contributed by atoms with Crippen molar-refractivity contribution < 1.29 is 9.53 Å². The first kappa shape index (κ1) is 16.5. The highest BCUT2D eigenvalue weighted by Gasteiger charge is 2.48. The molecule has 1 aromatic rings. The van der Waals surface area contributed by atoms with E-state index in [-0.39, 0.29) is 11.9 Å². The van der Waals surface area contributed by atoms with E-state index in [0.717, 1.165) is 37.4 Å². The molecule has 1 aliphatic carbocycles. The zero-order valence-electron chi connectivity index (χ0n) is 14.0. The van der Waals surface area contributed by atoms with Gasteiger partial charge in [-0.1, -0.05) is 25.4 Å². The molecule has 3 rings (SSSR count). The van der Waals surface area contributed by atoms with Gasteiger partial charge in [-0.2, -0.15) is 0 Å². The molecule has 5 nitrogen and oxygen atoms in total. The smallest absolute Gasteiger partial charge is 0.314 e. The van der Waals surface area contributed by atoms with Crippen LogP contribution in [0, 0.1) is 11.3 Å². The van der Waals surface area contributed by atoms with Gasteiger partial charge in [0, 0.05) is 25.1 Å². The van der Waals surface area contributed by atoms with Crippen molar-refractivity contribution in [1.29, 1.82) is 0 Å². The largest absolute Gasteiger partial charge is 0.466 e. The molecule has 2 heterocycles. The van der Waals surface area contributed by atoms with Gasteiger partial charge >= 0.3 is 5.97 Å². The highest BCUT2D eigenvalue weighted by molar-refractivity contribution is 6.29. The van der Waals surface area contributed by atoms with Gasteiger partial charge in [0.15, 0.2) is 0 Å². The Balaban J connectivity index is 1.84. The van der Waals surface area contributed by atoms with E-state index in [1.165, 1.54) is 0 Å². The van der Waals surface area contributed by atoms with Crippen molar-refractivity contribution in [3.05, 3.63) is 17.0 Å². The molecule has 0 radical (unpaired) electrons. The fourth-order valence-corrected chi connectivity index (χ4v) is 3.47. The molecule has 0 amide bonds. The van der Waals surface area contributed by atoms with E-state index in [1.54, 1.807) is 6.07 Å². The van der Waals surface area contributed by atoms with E-state index in [4.69, 9.17) is 16.3 Å². The molecule has 1 saturated heterocycles. The van der Waals surface area contributed by atoms with E-state index in [1.807, 2.05) is 6.92 Å². The van der Waals surface area contributed by atoms with Crippen LogP contribution in [0.1, 0.15) is 51.8 Å². The van der Waals surface area contributed by atoms with Crippen molar-refractivity contribution in [2.24, 2.45) is 11.3 Å². The van der Waals surface area contributed by atoms with Crippen molar-refractivity contribution in [3.63, 3.8) is 0 Å². The molecule has 6 heteroatoms. The molecular formula is C17H24ClN3O2. The zero-order chi connectivity index (χ0) is 16.6. The second-order valence-corrected chi connectivity index (χ2v) is 7.27. The Hall–Kier alpha value is -1.36. The minimum absolute atomic E-state index is 0.0972. The number of rotatable bonds is 5. The van der Waals surface area contributed by atoms with Crippen molar-refractivity contribution in [2.75, 3.05) is 24.6 Å². The molecule has 23 heavy (non-hydrogen) atoms. The Kier molecular flexibility index (Phi) is 4.50. The molecule has 1 aliphatic heterocycles. The van der Waals surface area contributed by atoms with Crippen molar-refractivity contribution in [1.82, 2.24) is 9.97 Å². The lowest BCUT2D eigenvalue weighted by Gasteiger charge is -2.31. The number of ether oxygens (including phenoxy) is 1. The summed E-state index contributed by atoms with van der Waals surface area (Å²) in [6.07, 6.45) is 3.06. The summed E-state index contributed by atoms with van der Waals surface area (Å²) in [6, 6.07) is 1.80. The van der Waals surface area contributed by atoms with Gasteiger partial charge in [0.05, 0.1) is 12.0 Å². The van der Waals surface area contributed by atoms with Crippen molar-refractivity contribution >= 4 is 23.4 Å². The second-order valence-electron chi connectivity index (χ2n) is 6.88. The maximum absolute atomic E-state index is 12.5. The lowest BCUT2D eigenvalue weighted by Crippen LogP contribution is -2.40. The van der Waals surface area contributed by atoms with Gasteiger partial charge in [-0.25, -0.2) is 9.97 Å². The van der Waals surface area contributed by atoms with Gasteiger partial charge in [0.1, 0.15) is 16.8 Å². The van der Waals surface area contributed by atoms with Crippen LogP contribution < -0.4 is 4.90 Å². The number of hydrogen-bond donors (Lipinski definition) is 0. The van der Waals surface area contributed by atoms with E-state index in [0.29, 0.717) is 24.2 Å². The standard InChI is InChI=1S/C17H24ClN3O2/c1-4-23-16(22)17(11(2)3)7-8-21(10-17)14-9-13(18)19-15(20-14)12-5-6-12/h9,11-12H,4-8,10H2,1-3H3. The van der Waals surface area contributed by atoms with Crippen LogP contribution in [0.4, 0.5) is 5.82 Å². The normalized spacial score (nSPS) is 24.3. The third kappa shape index (κ3) is 3.16. The first-order valence-corrected chi connectivity index (χ1v) is 8.80. The summed E-state index contributed by atoms with van der Waals surface area (Å²) in [5.74, 6) is 2.24. The fourth-order valence-electron chi connectivity index (χ4n) is 3.29. The average molecular weight is 338 g/mol. The Bertz CT molecular complexity index is 604. The maximum atomic E-state index is 12.5. The van der Waals surface area contributed by atoms with E-state index < -0.39 is 5.41 Å². The van der Waals surface area contributed by atoms with Crippen LogP contribution in [-0.2, 0) is 9.53 Å². The summed E-state index contributed by atoms with van der Waals surface area (Å²) in [7, 11) is 0. The molecule has 0 N–H and O–H groups in total. The lowest BCUT2D eigenvalue weighted by molar-refractivity contribution is -0.156. The zero-order valence-corrected chi connectivity index (χ0v) is 14.8.